The second-order valence-corrected chi connectivity index (χ2v) is 5.78. The summed E-state index contributed by atoms with van der Waals surface area (Å²) < 4.78 is 0. The maximum Gasteiger partial charge on any atom is 0.237 e. The monoisotopic (exact) mass is 296 g/mol. The molecule has 3 N–H and O–H groups in total. The number of amides is 1. The Morgan fingerprint density at radius 3 is 2.45 bits per heavy atom. The summed E-state index contributed by atoms with van der Waals surface area (Å²) in [4.78, 5) is 12.0. The zero-order valence-electron chi connectivity index (χ0n) is 12.3. The number of nitrogens with one attached hydrogen (secondary N) is 1. The molecule has 3 nitrogen and oxygen atoms in total. The average Bonchev–Trinajstić information content (AvgIpc) is 3.25. The molecule has 0 heterocycles. The third-order valence-electron chi connectivity index (χ3n) is 4.40. The van der Waals surface area contributed by atoms with Crippen LogP contribution in [0, 0.1) is 5.92 Å². The molecule has 20 heavy (non-hydrogen) atoms. The average molecular weight is 297 g/mol. The molecule has 1 aliphatic carbocycles. The third kappa shape index (κ3) is 3.74. The van der Waals surface area contributed by atoms with Gasteiger partial charge in [-0.25, -0.2) is 0 Å². The molecule has 0 aliphatic heterocycles. The normalized spacial score (nSPS) is 18.6. The van der Waals surface area contributed by atoms with Gasteiger partial charge in [0.2, 0.25) is 5.91 Å². The molecule has 1 aromatic carbocycles. The molecule has 0 saturated heterocycles. The van der Waals surface area contributed by atoms with Gasteiger partial charge in [0.1, 0.15) is 0 Å². The lowest BCUT2D eigenvalue weighted by Crippen LogP contribution is -2.46. The molecule has 0 radical (unpaired) electrons. The predicted molar refractivity (Wildman–Crippen MR) is 85.0 cm³/mol. The fourth-order valence-corrected chi connectivity index (χ4v) is 2.40. The molecule has 2 atom stereocenters. The summed E-state index contributed by atoms with van der Waals surface area (Å²) in [5.74, 6) is 0.212. The van der Waals surface area contributed by atoms with Crippen LogP contribution >= 0.6 is 12.4 Å². The van der Waals surface area contributed by atoms with E-state index in [1.54, 1.807) is 0 Å². The first-order valence-electron chi connectivity index (χ1n) is 7.18. The van der Waals surface area contributed by atoms with Crippen molar-refractivity contribution in [3.63, 3.8) is 0 Å². The Balaban J connectivity index is 0.00000200. The summed E-state index contributed by atoms with van der Waals surface area (Å²) in [5.41, 5.74) is 7.43. The number of rotatable bonds is 6. The summed E-state index contributed by atoms with van der Waals surface area (Å²) >= 11 is 0. The summed E-state index contributed by atoms with van der Waals surface area (Å²) in [5, 5.41) is 3.03. The summed E-state index contributed by atoms with van der Waals surface area (Å²) in [6.45, 7) is 4.79. The largest absolute Gasteiger partial charge is 0.354 e. The maximum atomic E-state index is 12.0. The SMILES string of the molecule is CCC(C)C(N)C(=O)NCC1(c2ccccc2)CC1.Cl. The molecule has 0 aromatic heterocycles. The van der Waals surface area contributed by atoms with Gasteiger partial charge in [0.05, 0.1) is 6.04 Å². The van der Waals surface area contributed by atoms with Crippen LogP contribution in [0.1, 0.15) is 38.7 Å². The molecule has 1 fully saturated rings. The summed E-state index contributed by atoms with van der Waals surface area (Å²) in [7, 11) is 0. The lowest BCUT2D eigenvalue weighted by molar-refractivity contribution is -0.123. The van der Waals surface area contributed by atoms with E-state index >= 15 is 0 Å². The van der Waals surface area contributed by atoms with Gasteiger partial charge in [-0.3, -0.25) is 4.79 Å². The van der Waals surface area contributed by atoms with E-state index in [0.717, 1.165) is 19.3 Å². The molecule has 112 valence electrons. The van der Waals surface area contributed by atoms with E-state index in [-0.39, 0.29) is 29.6 Å². The second-order valence-electron chi connectivity index (χ2n) is 5.78. The minimum Gasteiger partial charge on any atom is -0.354 e. The first-order valence-corrected chi connectivity index (χ1v) is 7.18. The standard InChI is InChI=1S/C16H24N2O.ClH/c1-3-12(2)14(17)15(19)18-11-16(9-10-16)13-7-5-4-6-8-13;/h4-8,12,14H,3,9-11,17H2,1-2H3,(H,18,19);1H. The van der Waals surface area contributed by atoms with Gasteiger partial charge >= 0.3 is 0 Å². The van der Waals surface area contributed by atoms with Gasteiger partial charge in [0.25, 0.3) is 0 Å². The molecule has 2 rings (SSSR count). The Hall–Kier alpha value is -1.06. The first-order chi connectivity index (χ1) is 9.09. The molecule has 0 spiro atoms. The van der Waals surface area contributed by atoms with E-state index in [2.05, 4.69) is 36.5 Å². The van der Waals surface area contributed by atoms with Crippen LogP contribution in [0.3, 0.4) is 0 Å². The van der Waals surface area contributed by atoms with Crippen LogP contribution in [0.25, 0.3) is 0 Å². The van der Waals surface area contributed by atoms with Gasteiger partial charge in [0.15, 0.2) is 0 Å². The van der Waals surface area contributed by atoms with Gasteiger partial charge in [-0.15, -0.1) is 12.4 Å². The maximum absolute atomic E-state index is 12.0. The molecule has 1 aromatic rings. The molecule has 1 aliphatic rings. The van der Waals surface area contributed by atoms with Gasteiger partial charge < -0.3 is 11.1 Å². The van der Waals surface area contributed by atoms with Gasteiger partial charge in [-0.2, -0.15) is 0 Å². The zero-order chi connectivity index (χ0) is 13.9. The smallest absolute Gasteiger partial charge is 0.237 e. The second kappa shape index (κ2) is 7.09. The van der Waals surface area contributed by atoms with Crippen LogP contribution in [0.15, 0.2) is 30.3 Å². The van der Waals surface area contributed by atoms with Crippen molar-refractivity contribution >= 4 is 18.3 Å². The van der Waals surface area contributed by atoms with E-state index in [1.165, 1.54) is 5.56 Å². The van der Waals surface area contributed by atoms with Crippen LogP contribution in [0.2, 0.25) is 0 Å². The van der Waals surface area contributed by atoms with Crippen molar-refractivity contribution in [2.24, 2.45) is 11.7 Å². The predicted octanol–water partition coefficient (Wildman–Crippen LogP) is 2.63. The topological polar surface area (TPSA) is 55.1 Å². The van der Waals surface area contributed by atoms with Crippen LogP contribution in [-0.2, 0) is 10.2 Å². The highest BCUT2D eigenvalue weighted by Gasteiger charge is 2.44. The number of nitrogens with two attached hydrogens (primary N) is 1. The van der Waals surface area contributed by atoms with Crippen LogP contribution < -0.4 is 11.1 Å². The molecule has 1 saturated carbocycles. The van der Waals surface area contributed by atoms with E-state index in [1.807, 2.05) is 13.0 Å². The summed E-state index contributed by atoms with van der Waals surface area (Å²) in [6.07, 6.45) is 3.23. The molecule has 4 heteroatoms. The van der Waals surface area contributed by atoms with Crippen molar-refractivity contribution < 1.29 is 4.79 Å². The quantitative estimate of drug-likeness (QED) is 0.848. The first kappa shape index (κ1) is 17.0. The van der Waals surface area contributed by atoms with Crippen molar-refractivity contribution in [2.75, 3.05) is 6.54 Å². The number of benzene rings is 1. The van der Waals surface area contributed by atoms with E-state index in [4.69, 9.17) is 5.73 Å². The van der Waals surface area contributed by atoms with Gasteiger partial charge in [-0.1, -0.05) is 50.6 Å². The number of carbonyl (C=O) groups is 1. The molecular weight excluding hydrogens is 272 g/mol. The lowest BCUT2D eigenvalue weighted by Gasteiger charge is -2.21. The van der Waals surface area contributed by atoms with Crippen molar-refractivity contribution in [2.45, 2.75) is 44.6 Å². The van der Waals surface area contributed by atoms with E-state index in [9.17, 15) is 4.79 Å². The lowest BCUT2D eigenvalue weighted by atomic mass is 9.95. The number of carbonyl (C=O) groups excluding carboxylic acids is 1. The van der Waals surface area contributed by atoms with Gasteiger partial charge in [0, 0.05) is 12.0 Å². The fraction of sp³-hybridized carbons (Fsp3) is 0.562. The highest BCUT2D eigenvalue weighted by Crippen LogP contribution is 2.47. The van der Waals surface area contributed by atoms with Gasteiger partial charge in [-0.05, 0) is 24.3 Å². The van der Waals surface area contributed by atoms with Crippen LogP contribution in [0.4, 0.5) is 0 Å². The minimum atomic E-state index is -0.392. The Morgan fingerprint density at radius 1 is 1.35 bits per heavy atom. The minimum absolute atomic E-state index is 0. The van der Waals surface area contributed by atoms with Crippen LogP contribution in [-0.4, -0.2) is 18.5 Å². The Morgan fingerprint density at radius 2 is 1.95 bits per heavy atom. The van der Waals surface area contributed by atoms with Crippen molar-refractivity contribution in [1.82, 2.24) is 5.32 Å². The summed E-state index contributed by atoms with van der Waals surface area (Å²) in [6, 6.07) is 10.0. The number of halogens is 1. The molecular formula is C16H25ClN2O. The fourth-order valence-electron chi connectivity index (χ4n) is 2.40. The van der Waals surface area contributed by atoms with E-state index in [0.29, 0.717) is 6.54 Å². The zero-order valence-corrected chi connectivity index (χ0v) is 13.1. The Labute approximate surface area is 127 Å². The van der Waals surface area contributed by atoms with Crippen molar-refractivity contribution in [3.05, 3.63) is 35.9 Å². The third-order valence-corrected chi connectivity index (χ3v) is 4.40. The van der Waals surface area contributed by atoms with Crippen LogP contribution in [0.5, 0.6) is 0 Å². The highest BCUT2D eigenvalue weighted by atomic mass is 35.5. The van der Waals surface area contributed by atoms with E-state index < -0.39 is 6.04 Å². The van der Waals surface area contributed by atoms with Crippen molar-refractivity contribution in [3.8, 4) is 0 Å². The molecule has 2 unspecified atom stereocenters. The number of hydrogen-bond donors (Lipinski definition) is 2. The Bertz CT molecular complexity index is 431. The molecule has 0 bridgehead atoms. The Kier molecular flexibility index (Phi) is 6.03. The van der Waals surface area contributed by atoms with Crippen molar-refractivity contribution in [1.29, 1.82) is 0 Å². The number of hydrogen-bond acceptors (Lipinski definition) is 2. The molecule has 1 amide bonds. The highest BCUT2D eigenvalue weighted by molar-refractivity contribution is 5.85.